The summed E-state index contributed by atoms with van der Waals surface area (Å²) in [5.41, 5.74) is 1.54. The standard InChI is InChI=1S/C18H18N2O4/c1-13(15-7-9-17(24-2)10-8-15)19-18(21)11-6-14-4-3-5-16(12-14)20(22)23/h3-13H,1-2H3,(H,19,21)/b11-6+/t13-/m0/s1. The van der Waals surface area contributed by atoms with Crippen molar-refractivity contribution in [1.82, 2.24) is 5.32 Å². The van der Waals surface area contributed by atoms with Crippen molar-refractivity contribution < 1.29 is 14.5 Å². The van der Waals surface area contributed by atoms with Crippen molar-refractivity contribution in [3.63, 3.8) is 0 Å². The summed E-state index contributed by atoms with van der Waals surface area (Å²) in [4.78, 5) is 22.2. The number of nitrogens with zero attached hydrogens (tertiary/aromatic N) is 1. The molecular weight excluding hydrogens is 308 g/mol. The Morgan fingerprint density at radius 3 is 2.58 bits per heavy atom. The van der Waals surface area contributed by atoms with Crippen LogP contribution in [0.3, 0.4) is 0 Å². The van der Waals surface area contributed by atoms with Crippen molar-refractivity contribution >= 4 is 17.7 Å². The average Bonchev–Trinajstić information content (AvgIpc) is 2.60. The normalized spacial score (nSPS) is 11.9. The van der Waals surface area contributed by atoms with Gasteiger partial charge in [0.25, 0.3) is 5.69 Å². The van der Waals surface area contributed by atoms with Gasteiger partial charge in [-0.15, -0.1) is 0 Å². The highest BCUT2D eigenvalue weighted by Gasteiger charge is 2.08. The second-order valence-electron chi connectivity index (χ2n) is 5.19. The molecule has 2 rings (SSSR count). The van der Waals surface area contributed by atoms with Crippen LogP contribution in [0.25, 0.3) is 6.08 Å². The van der Waals surface area contributed by atoms with Gasteiger partial charge >= 0.3 is 0 Å². The maximum absolute atomic E-state index is 12.0. The Balaban J connectivity index is 1.98. The largest absolute Gasteiger partial charge is 0.497 e. The maximum Gasteiger partial charge on any atom is 0.270 e. The predicted octanol–water partition coefficient (Wildman–Crippen LogP) is 3.49. The first-order valence-electron chi connectivity index (χ1n) is 7.36. The van der Waals surface area contributed by atoms with Crippen LogP contribution in [0.2, 0.25) is 0 Å². The van der Waals surface area contributed by atoms with E-state index >= 15 is 0 Å². The molecule has 124 valence electrons. The van der Waals surface area contributed by atoms with E-state index in [1.807, 2.05) is 31.2 Å². The summed E-state index contributed by atoms with van der Waals surface area (Å²) in [5.74, 6) is 0.479. The Morgan fingerprint density at radius 2 is 1.96 bits per heavy atom. The summed E-state index contributed by atoms with van der Waals surface area (Å²) in [6, 6.07) is 13.4. The third-order valence-electron chi connectivity index (χ3n) is 3.48. The molecule has 0 heterocycles. The van der Waals surface area contributed by atoms with E-state index < -0.39 is 4.92 Å². The lowest BCUT2D eigenvalue weighted by Gasteiger charge is -2.13. The zero-order valence-electron chi connectivity index (χ0n) is 13.4. The second kappa shape index (κ2) is 7.92. The van der Waals surface area contributed by atoms with E-state index in [-0.39, 0.29) is 17.6 Å². The molecule has 0 fully saturated rings. The Bertz CT molecular complexity index is 754. The summed E-state index contributed by atoms with van der Waals surface area (Å²) in [6.07, 6.45) is 2.90. The molecule has 0 aromatic heterocycles. The number of nitro groups is 1. The van der Waals surface area contributed by atoms with Gasteiger partial charge in [-0.25, -0.2) is 0 Å². The molecule has 1 atom stereocenters. The fraction of sp³-hybridized carbons (Fsp3) is 0.167. The molecule has 6 nitrogen and oxygen atoms in total. The lowest BCUT2D eigenvalue weighted by Crippen LogP contribution is -2.24. The van der Waals surface area contributed by atoms with Gasteiger partial charge in [-0.05, 0) is 36.3 Å². The van der Waals surface area contributed by atoms with Crippen molar-refractivity contribution in [2.45, 2.75) is 13.0 Å². The minimum atomic E-state index is -0.469. The van der Waals surface area contributed by atoms with Gasteiger partial charge in [0.2, 0.25) is 5.91 Å². The highest BCUT2D eigenvalue weighted by molar-refractivity contribution is 5.92. The van der Waals surface area contributed by atoms with E-state index in [9.17, 15) is 14.9 Å². The molecule has 0 spiro atoms. The minimum absolute atomic E-state index is 0.0100. The summed E-state index contributed by atoms with van der Waals surface area (Å²) in [7, 11) is 1.60. The summed E-state index contributed by atoms with van der Waals surface area (Å²) in [6.45, 7) is 1.88. The van der Waals surface area contributed by atoms with E-state index in [0.717, 1.165) is 11.3 Å². The fourth-order valence-electron chi connectivity index (χ4n) is 2.15. The number of amides is 1. The number of rotatable bonds is 6. The van der Waals surface area contributed by atoms with Gasteiger partial charge in [-0.1, -0.05) is 24.3 Å². The number of hydrogen-bond acceptors (Lipinski definition) is 4. The summed E-state index contributed by atoms with van der Waals surface area (Å²) < 4.78 is 5.10. The van der Waals surface area contributed by atoms with Crippen LogP contribution >= 0.6 is 0 Å². The number of non-ortho nitro benzene ring substituents is 1. The highest BCUT2D eigenvalue weighted by Crippen LogP contribution is 2.17. The van der Waals surface area contributed by atoms with Crippen LogP contribution in [-0.4, -0.2) is 17.9 Å². The molecular formula is C18H18N2O4. The SMILES string of the molecule is COc1ccc([C@H](C)NC(=O)/C=C/c2cccc([N+](=O)[O-])c2)cc1. The van der Waals surface area contributed by atoms with Gasteiger partial charge in [-0.3, -0.25) is 14.9 Å². The number of nitrogens with one attached hydrogen (secondary N) is 1. The van der Waals surface area contributed by atoms with Gasteiger partial charge in [0.15, 0.2) is 0 Å². The van der Waals surface area contributed by atoms with Crippen molar-refractivity contribution in [3.8, 4) is 5.75 Å². The lowest BCUT2D eigenvalue weighted by molar-refractivity contribution is -0.384. The number of ether oxygens (including phenoxy) is 1. The summed E-state index contributed by atoms with van der Waals surface area (Å²) >= 11 is 0. The topological polar surface area (TPSA) is 81.5 Å². The monoisotopic (exact) mass is 326 g/mol. The Morgan fingerprint density at radius 1 is 1.25 bits per heavy atom. The summed E-state index contributed by atoms with van der Waals surface area (Å²) in [5, 5.41) is 13.6. The smallest absolute Gasteiger partial charge is 0.270 e. The first-order chi connectivity index (χ1) is 11.5. The molecule has 0 saturated heterocycles. The number of carbonyl (C=O) groups excluding carboxylic acids is 1. The third-order valence-corrected chi connectivity index (χ3v) is 3.48. The van der Waals surface area contributed by atoms with Crippen molar-refractivity contribution in [3.05, 3.63) is 75.8 Å². The van der Waals surface area contributed by atoms with Gasteiger partial charge in [-0.2, -0.15) is 0 Å². The zero-order chi connectivity index (χ0) is 17.5. The highest BCUT2D eigenvalue weighted by atomic mass is 16.6. The van der Waals surface area contributed by atoms with Crippen LogP contribution in [0.4, 0.5) is 5.69 Å². The molecule has 0 bridgehead atoms. The quantitative estimate of drug-likeness (QED) is 0.500. The van der Waals surface area contributed by atoms with Crippen molar-refractivity contribution in [2.24, 2.45) is 0 Å². The van der Waals surface area contributed by atoms with E-state index in [4.69, 9.17) is 4.74 Å². The van der Waals surface area contributed by atoms with Crippen molar-refractivity contribution in [1.29, 1.82) is 0 Å². The Labute approximate surface area is 139 Å². The predicted molar refractivity (Wildman–Crippen MR) is 91.7 cm³/mol. The van der Waals surface area contributed by atoms with Crippen LogP contribution in [0.5, 0.6) is 5.75 Å². The number of carbonyl (C=O) groups is 1. The molecule has 0 unspecified atom stereocenters. The minimum Gasteiger partial charge on any atom is -0.497 e. The van der Waals surface area contributed by atoms with E-state index in [1.54, 1.807) is 25.3 Å². The van der Waals surface area contributed by atoms with Crippen LogP contribution in [0, 0.1) is 10.1 Å². The molecule has 0 aliphatic heterocycles. The molecule has 1 N–H and O–H groups in total. The molecule has 1 amide bonds. The Hall–Kier alpha value is -3.15. The first-order valence-corrected chi connectivity index (χ1v) is 7.36. The van der Waals surface area contributed by atoms with Crippen LogP contribution < -0.4 is 10.1 Å². The van der Waals surface area contributed by atoms with Gasteiger partial charge in [0.1, 0.15) is 5.75 Å². The van der Waals surface area contributed by atoms with Crippen LogP contribution in [0.1, 0.15) is 24.1 Å². The van der Waals surface area contributed by atoms with Crippen molar-refractivity contribution in [2.75, 3.05) is 7.11 Å². The maximum atomic E-state index is 12.0. The lowest BCUT2D eigenvalue weighted by atomic mass is 10.1. The molecule has 6 heteroatoms. The van der Waals surface area contributed by atoms with Gasteiger partial charge < -0.3 is 10.1 Å². The third kappa shape index (κ3) is 4.67. The van der Waals surface area contributed by atoms with E-state index in [0.29, 0.717) is 5.56 Å². The van der Waals surface area contributed by atoms with E-state index in [2.05, 4.69) is 5.32 Å². The van der Waals surface area contributed by atoms with E-state index in [1.165, 1.54) is 18.2 Å². The molecule has 0 radical (unpaired) electrons. The molecule has 0 aliphatic carbocycles. The number of methoxy groups -OCH3 is 1. The number of hydrogen-bond donors (Lipinski definition) is 1. The van der Waals surface area contributed by atoms with Crippen LogP contribution in [-0.2, 0) is 4.79 Å². The molecule has 2 aromatic rings. The average molecular weight is 326 g/mol. The molecule has 2 aromatic carbocycles. The second-order valence-corrected chi connectivity index (χ2v) is 5.19. The number of nitro benzene ring substituents is 1. The molecule has 0 aliphatic rings. The molecule has 0 saturated carbocycles. The number of benzene rings is 2. The first kappa shape index (κ1) is 17.2. The Kier molecular flexibility index (Phi) is 5.68. The van der Waals surface area contributed by atoms with Gasteiger partial charge in [0, 0.05) is 18.2 Å². The zero-order valence-corrected chi connectivity index (χ0v) is 13.4. The fourth-order valence-corrected chi connectivity index (χ4v) is 2.15. The molecule has 24 heavy (non-hydrogen) atoms. The van der Waals surface area contributed by atoms with Crippen LogP contribution in [0.15, 0.2) is 54.6 Å². The van der Waals surface area contributed by atoms with Gasteiger partial charge in [0.05, 0.1) is 18.1 Å².